The second-order valence-electron chi connectivity index (χ2n) is 5.97. The summed E-state index contributed by atoms with van der Waals surface area (Å²) in [5, 5.41) is 3.85. The highest BCUT2D eigenvalue weighted by Crippen LogP contribution is 2.32. The minimum atomic E-state index is -0.438. The predicted octanol–water partition coefficient (Wildman–Crippen LogP) is 3.88. The van der Waals surface area contributed by atoms with E-state index >= 15 is 0 Å². The molecule has 0 amide bonds. The number of para-hydroxylation sites is 1. The van der Waals surface area contributed by atoms with Crippen molar-refractivity contribution in [2.75, 3.05) is 30.1 Å². The van der Waals surface area contributed by atoms with E-state index in [1.54, 1.807) is 30.1 Å². The topological polar surface area (TPSA) is 93.4 Å². The average Bonchev–Trinajstić information content (AvgIpc) is 2.73. The van der Waals surface area contributed by atoms with Crippen LogP contribution in [0.1, 0.15) is 15.9 Å². The van der Waals surface area contributed by atoms with Crippen molar-refractivity contribution in [3.05, 3.63) is 71.0 Å². The molecule has 0 saturated heterocycles. The van der Waals surface area contributed by atoms with Gasteiger partial charge in [-0.05, 0) is 23.8 Å². The van der Waals surface area contributed by atoms with E-state index in [0.717, 1.165) is 5.56 Å². The van der Waals surface area contributed by atoms with Gasteiger partial charge in [-0.1, -0.05) is 41.9 Å². The largest absolute Gasteiger partial charge is 0.465 e. The first kappa shape index (κ1) is 19.4. The van der Waals surface area contributed by atoms with Crippen molar-refractivity contribution in [2.24, 2.45) is 0 Å². The van der Waals surface area contributed by atoms with E-state index in [1.165, 1.54) is 13.4 Å². The Balaban J connectivity index is 1.89. The highest BCUT2D eigenvalue weighted by molar-refractivity contribution is 6.31. The van der Waals surface area contributed by atoms with Crippen LogP contribution in [0.3, 0.4) is 0 Å². The SMILES string of the molecule is COC(=O)c1ccccc1N(C)c1ncnc(NCc2ccccc2Cl)c1N. The summed E-state index contributed by atoms with van der Waals surface area (Å²) in [5.41, 5.74) is 8.62. The Kier molecular flexibility index (Phi) is 5.96. The molecule has 0 unspecified atom stereocenters. The molecule has 0 saturated carbocycles. The van der Waals surface area contributed by atoms with Gasteiger partial charge in [0.05, 0.1) is 18.4 Å². The van der Waals surface area contributed by atoms with Crippen LogP contribution in [0, 0.1) is 0 Å². The lowest BCUT2D eigenvalue weighted by atomic mass is 10.1. The molecule has 1 aromatic heterocycles. The van der Waals surface area contributed by atoms with E-state index in [2.05, 4.69) is 15.3 Å². The first-order valence-corrected chi connectivity index (χ1v) is 8.89. The van der Waals surface area contributed by atoms with Gasteiger partial charge in [0.1, 0.15) is 12.0 Å². The molecule has 0 aliphatic carbocycles. The number of nitrogen functional groups attached to an aromatic ring is 1. The Hall–Kier alpha value is -3.32. The Morgan fingerprint density at radius 1 is 1.18 bits per heavy atom. The van der Waals surface area contributed by atoms with Gasteiger partial charge in [-0.15, -0.1) is 0 Å². The molecular formula is C20H20ClN5O2. The fourth-order valence-corrected chi connectivity index (χ4v) is 2.98. The standard InChI is InChI=1S/C20H20ClN5O2/c1-26(16-10-6-4-8-14(16)20(27)28-2)19-17(22)18(24-12-25-19)23-11-13-7-3-5-9-15(13)21/h3-10,12H,11,22H2,1-2H3,(H,23,24,25). The van der Waals surface area contributed by atoms with Crippen molar-refractivity contribution in [3.8, 4) is 0 Å². The normalized spacial score (nSPS) is 10.4. The molecule has 7 nitrogen and oxygen atoms in total. The van der Waals surface area contributed by atoms with Crippen LogP contribution in [0.25, 0.3) is 0 Å². The van der Waals surface area contributed by atoms with Crippen molar-refractivity contribution in [1.29, 1.82) is 0 Å². The number of rotatable bonds is 6. The number of ether oxygens (including phenoxy) is 1. The van der Waals surface area contributed by atoms with E-state index in [9.17, 15) is 4.79 Å². The van der Waals surface area contributed by atoms with Gasteiger partial charge in [0.25, 0.3) is 0 Å². The fourth-order valence-electron chi connectivity index (χ4n) is 2.78. The number of carbonyl (C=O) groups excluding carboxylic acids is 1. The molecule has 0 atom stereocenters. The van der Waals surface area contributed by atoms with Gasteiger partial charge in [0.2, 0.25) is 0 Å². The maximum Gasteiger partial charge on any atom is 0.339 e. The van der Waals surface area contributed by atoms with Crippen LogP contribution < -0.4 is 16.0 Å². The van der Waals surface area contributed by atoms with Gasteiger partial charge >= 0.3 is 5.97 Å². The molecule has 2 aromatic carbocycles. The molecule has 0 fully saturated rings. The third-order valence-corrected chi connectivity index (χ3v) is 4.62. The molecule has 144 valence electrons. The van der Waals surface area contributed by atoms with Crippen LogP contribution in [0.5, 0.6) is 0 Å². The van der Waals surface area contributed by atoms with Gasteiger partial charge < -0.3 is 20.7 Å². The molecule has 28 heavy (non-hydrogen) atoms. The van der Waals surface area contributed by atoms with Gasteiger partial charge in [0, 0.05) is 18.6 Å². The number of carbonyl (C=O) groups is 1. The number of halogens is 1. The summed E-state index contributed by atoms with van der Waals surface area (Å²) in [6, 6.07) is 14.6. The van der Waals surface area contributed by atoms with Crippen molar-refractivity contribution >= 4 is 40.6 Å². The summed E-state index contributed by atoms with van der Waals surface area (Å²) < 4.78 is 4.86. The molecule has 0 spiro atoms. The molecule has 0 aliphatic heterocycles. The smallest absolute Gasteiger partial charge is 0.339 e. The molecule has 3 rings (SSSR count). The number of nitrogens with two attached hydrogens (primary N) is 1. The fraction of sp³-hybridized carbons (Fsp3) is 0.150. The van der Waals surface area contributed by atoms with E-state index in [1.807, 2.05) is 30.3 Å². The predicted molar refractivity (Wildman–Crippen MR) is 111 cm³/mol. The minimum Gasteiger partial charge on any atom is -0.465 e. The maximum atomic E-state index is 12.1. The second kappa shape index (κ2) is 8.58. The van der Waals surface area contributed by atoms with E-state index in [-0.39, 0.29) is 0 Å². The highest BCUT2D eigenvalue weighted by Gasteiger charge is 2.19. The van der Waals surface area contributed by atoms with Gasteiger partial charge in [-0.25, -0.2) is 14.8 Å². The third-order valence-electron chi connectivity index (χ3n) is 4.26. The molecule has 0 aliphatic rings. The summed E-state index contributed by atoms with van der Waals surface area (Å²) in [6.45, 7) is 0.461. The quantitative estimate of drug-likeness (QED) is 0.609. The lowest BCUT2D eigenvalue weighted by Gasteiger charge is -2.23. The van der Waals surface area contributed by atoms with Crippen molar-refractivity contribution in [2.45, 2.75) is 6.54 Å². The number of esters is 1. The number of hydrogen-bond acceptors (Lipinski definition) is 7. The van der Waals surface area contributed by atoms with Gasteiger partial charge in [-0.3, -0.25) is 0 Å². The molecule has 0 radical (unpaired) electrons. The number of nitrogens with one attached hydrogen (secondary N) is 1. The molecule has 1 heterocycles. The van der Waals surface area contributed by atoms with Crippen molar-refractivity contribution in [1.82, 2.24) is 9.97 Å². The summed E-state index contributed by atoms with van der Waals surface area (Å²) in [4.78, 5) is 22.3. The van der Waals surface area contributed by atoms with Crippen LogP contribution in [0.15, 0.2) is 54.9 Å². The number of methoxy groups -OCH3 is 1. The van der Waals surface area contributed by atoms with E-state index < -0.39 is 5.97 Å². The zero-order valence-corrected chi connectivity index (χ0v) is 16.3. The summed E-state index contributed by atoms with van der Waals surface area (Å²) >= 11 is 6.20. The van der Waals surface area contributed by atoms with Crippen LogP contribution in [-0.2, 0) is 11.3 Å². The Labute approximate surface area is 168 Å². The number of anilines is 4. The maximum absolute atomic E-state index is 12.1. The number of nitrogens with zero attached hydrogens (tertiary/aromatic N) is 3. The van der Waals surface area contributed by atoms with Crippen LogP contribution in [-0.4, -0.2) is 30.1 Å². The number of hydrogen-bond donors (Lipinski definition) is 2. The summed E-state index contributed by atoms with van der Waals surface area (Å²) in [7, 11) is 3.12. The van der Waals surface area contributed by atoms with Crippen LogP contribution in [0.2, 0.25) is 5.02 Å². The zero-order valence-electron chi connectivity index (χ0n) is 15.5. The summed E-state index contributed by atoms with van der Waals surface area (Å²) in [5.74, 6) is 0.507. The lowest BCUT2D eigenvalue weighted by Crippen LogP contribution is -2.18. The summed E-state index contributed by atoms with van der Waals surface area (Å²) in [6.07, 6.45) is 1.41. The second-order valence-corrected chi connectivity index (χ2v) is 6.38. The first-order chi connectivity index (χ1) is 13.5. The first-order valence-electron chi connectivity index (χ1n) is 8.51. The molecule has 0 bridgehead atoms. The van der Waals surface area contributed by atoms with Crippen LogP contribution in [0.4, 0.5) is 23.0 Å². The Morgan fingerprint density at radius 2 is 1.89 bits per heavy atom. The minimum absolute atomic E-state index is 0.358. The zero-order chi connectivity index (χ0) is 20.1. The lowest BCUT2D eigenvalue weighted by molar-refractivity contribution is 0.0601. The molecule has 8 heteroatoms. The number of benzene rings is 2. The number of aromatic nitrogens is 2. The van der Waals surface area contributed by atoms with Crippen molar-refractivity contribution in [3.63, 3.8) is 0 Å². The highest BCUT2D eigenvalue weighted by atomic mass is 35.5. The van der Waals surface area contributed by atoms with Gasteiger partial charge in [-0.2, -0.15) is 0 Å². The Bertz CT molecular complexity index is 996. The van der Waals surface area contributed by atoms with E-state index in [4.69, 9.17) is 22.1 Å². The Morgan fingerprint density at radius 3 is 2.64 bits per heavy atom. The monoisotopic (exact) mass is 397 g/mol. The van der Waals surface area contributed by atoms with E-state index in [0.29, 0.717) is 40.1 Å². The third kappa shape index (κ3) is 3.99. The van der Waals surface area contributed by atoms with Crippen LogP contribution >= 0.6 is 11.6 Å². The van der Waals surface area contributed by atoms with Gasteiger partial charge in [0.15, 0.2) is 11.6 Å². The molecule has 3 N–H and O–H groups in total. The average molecular weight is 398 g/mol. The molecule has 3 aromatic rings. The van der Waals surface area contributed by atoms with Crippen molar-refractivity contribution < 1.29 is 9.53 Å². The molecular weight excluding hydrogens is 378 g/mol.